The molecule has 2 aromatic rings. The summed E-state index contributed by atoms with van der Waals surface area (Å²) in [5.41, 5.74) is 6.52. The second-order valence-electron chi connectivity index (χ2n) is 4.17. The molecule has 0 saturated heterocycles. The number of anilines is 1. The molecule has 0 bridgehead atoms. The SMILES string of the molecule is NC(=S)c1ccc(NC(=O)c2cc(Cl)ccc2O)c(Cl)c1. The van der Waals surface area contributed by atoms with E-state index in [1.54, 1.807) is 18.2 Å². The molecule has 0 spiro atoms. The van der Waals surface area contributed by atoms with Crippen molar-refractivity contribution in [2.45, 2.75) is 0 Å². The van der Waals surface area contributed by atoms with Gasteiger partial charge >= 0.3 is 0 Å². The highest BCUT2D eigenvalue weighted by atomic mass is 35.5. The van der Waals surface area contributed by atoms with Crippen molar-refractivity contribution in [3.8, 4) is 5.75 Å². The quantitative estimate of drug-likeness (QED) is 0.746. The Labute approximate surface area is 136 Å². The number of rotatable bonds is 3. The lowest BCUT2D eigenvalue weighted by Crippen LogP contribution is -2.13. The summed E-state index contributed by atoms with van der Waals surface area (Å²) in [6.45, 7) is 0. The molecule has 2 rings (SSSR count). The van der Waals surface area contributed by atoms with Crippen LogP contribution in [0, 0.1) is 0 Å². The summed E-state index contributed by atoms with van der Waals surface area (Å²) in [7, 11) is 0. The normalized spacial score (nSPS) is 10.2. The van der Waals surface area contributed by atoms with Crippen LogP contribution in [-0.4, -0.2) is 16.0 Å². The van der Waals surface area contributed by atoms with Crippen LogP contribution in [0.1, 0.15) is 15.9 Å². The van der Waals surface area contributed by atoms with E-state index in [1.807, 2.05) is 0 Å². The molecule has 0 saturated carbocycles. The lowest BCUT2D eigenvalue weighted by Gasteiger charge is -2.10. The summed E-state index contributed by atoms with van der Waals surface area (Å²) < 4.78 is 0. The summed E-state index contributed by atoms with van der Waals surface area (Å²) in [5, 5.41) is 12.9. The number of thiocarbonyl (C=S) groups is 1. The summed E-state index contributed by atoms with van der Waals surface area (Å²) in [4.78, 5) is 12.3. The molecule has 108 valence electrons. The molecular weight excluding hydrogens is 331 g/mol. The van der Waals surface area contributed by atoms with Crippen molar-refractivity contribution in [3.05, 3.63) is 57.6 Å². The second kappa shape index (κ2) is 6.30. The number of carbonyl (C=O) groups is 1. The van der Waals surface area contributed by atoms with Crippen molar-refractivity contribution in [1.82, 2.24) is 0 Å². The number of nitrogens with one attached hydrogen (secondary N) is 1. The van der Waals surface area contributed by atoms with Crippen molar-refractivity contribution >= 4 is 52.0 Å². The average Bonchev–Trinajstić information content (AvgIpc) is 2.43. The summed E-state index contributed by atoms with van der Waals surface area (Å²) >= 11 is 16.7. The zero-order valence-corrected chi connectivity index (χ0v) is 12.9. The lowest BCUT2D eigenvalue weighted by atomic mass is 10.1. The number of amides is 1. The molecule has 0 aliphatic rings. The molecule has 0 atom stereocenters. The van der Waals surface area contributed by atoms with Crippen LogP contribution in [0.4, 0.5) is 5.69 Å². The predicted octanol–water partition coefficient (Wildman–Crippen LogP) is 3.59. The van der Waals surface area contributed by atoms with E-state index in [0.717, 1.165) is 0 Å². The van der Waals surface area contributed by atoms with Crippen molar-refractivity contribution < 1.29 is 9.90 Å². The van der Waals surface area contributed by atoms with E-state index >= 15 is 0 Å². The summed E-state index contributed by atoms with van der Waals surface area (Å²) in [5.74, 6) is -0.701. The van der Waals surface area contributed by atoms with E-state index in [-0.39, 0.29) is 21.3 Å². The number of phenolic OH excluding ortho intramolecular Hbond substituents is 1. The van der Waals surface area contributed by atoms with Gasteiger partial charge in [0.1, 0.15) is 10.7 Å². The number of hydrogen-bond donors (Lipinski definition) is 3. The minimum atomic E-state index is -0.528. The third-order valence-electron chi connectivity index (χ3n) is 2.71. The average molecular weight is 341 g/mol. The molecule has 0 unspecified atom stereocenters. The third kappa shape index (κ3) is 3.64. The number of halogens is 2. The standard InChI is InChI=1S/C14H10Cl2N2O2S/c15-8-2-4-12(19)9(6-8)14(20)18-11-3-1-7(13(17)21)5-10(11)16/h1-6,19H,(H2,17,21)(H,18,20). The largest absolute Gasteiger partial charge is 0.507 e. The van der Waals surface area contributed by atoms with E-state index < -0.39 is 5.91 Å². The van der Waals surface area contributed by atoms with Crippen LogP contribution >= 0.6 is 35.4 Å². The van der Waals surface area contributed by atoms with Gasteiger partial charge in [0.15, 0.2) is 0 Å². The predicted molar refractivity (Wildman–Crippen MR) is 88.4 cm³/mol. The molecular formula is C14H10Cl2N2O2S. The first-order chi connectivity index (χ1) is 9.88. The summed E-state index contributed by atoms with van der Waals surface area (Å²) in [6.07, 6.45) is 0. The van der Waals surface area contributed by atoms with Crippen LogP contribution in [0.2, 0.25) is 10.0 Å². The minimum absolute atomic E-state index is 0.0528. The molecule has 0 aliphatic heterocycles. The Kier molecular flexibility index (Phi) is 4.67. The molecule has 0 aliphatic carbocycles. The Morgan fingerprint density at radius 1 is 1.19 bits per heavy atom. The second-order valence-corrected chi connectivity index (χ2v) is 5.46. The third-order valence-corrected chi connectivity index (χ3v) is 3.49. The maximum absolute atomic E-state index is 12.1. The van der Waals surface area contributed by atoms with Gasteiger partial charge in [-0.2, -0.15) is 0 Å². The molecule has 0 heterocycles. The van der Waals surface area contributed by atoms with Crippen LogP contribution in [-0.2, 0) is 0 Å². The molecule has 2 aromatic carbocycles. The fraction of sp³-hybridized carbons (Fsp3) is 0. The monoisotopic (exact) mass is 340 g/mol. The number of carbonyl (C=O) groups excluding carboxylic acids is 1. The Balaban J connectivity index is 2.27. The van der Waals surface area contributed by atoms with Gasteiger partial charge in [0.25, 0.3) is 5.91 Å². The Bertz CT molecular complexity index is 735. The maximum atomic E-state index is 12.1. The zero-order valence-electron chi connectivity index (χ0n) is 10.6. The van der Waals surface area contributed by atoms with Crippen LogP contribution in [0.25, 0.3) is 0 Å². The fourth-order valence-corrected chi connectivity index (χ4v) is 2.18. The van der Waals surface area contributed by atoms with Gasteiger partial charge < -0.3 is 16.2 Å². The van der Waals surface area contributed by atoms with Gasteiger partial charge in [-0.1, -0.05) is 35.4 Å². The van der Waals surface area contributed by atoms with E-state index in [1.165, 1.54) is 18.2 Å². The van der Waals surface area contributed by atoms with Gasteiger partial charge in [-0.25, -0.2) is 0 Å². The van der Waals surface area contributed by atoms with Crippen molar-refractivity contribution in [1.29, 1.82) is 0 Å². The van der Waals surface area contributed by atoms with Crippen LogP contribution in [0.15, 0.2) is 36.4 Å². The van der Waals surface area contributed by atoms with Gasteiger partial charge in [0.2, 0.25) is 0 Å². The van der Waals surface area contributed by atoms with Crippen LogP contribution in [0.5, 0.6) is 5.75 Å². The van der Waals surface area contributed by atoms with Gasteiger partial charge in [-0.3, -0.25) is 4.79 Å². The molecule has 1 amide bonds. The highest BCUT2D eigenvalue weighted by Gasteiger charge is 2.14. The first-order valence-corrected chi connectivity index (χ1v) is 6.94. The van der Waals surface area contributed by atoms with E-state index in [9.17, 15) is 9.90 Å². The highest BCUT2D eigenvalue weighted by Crippen LogP contribution is 2.26. The molecule has 7 heteroatoms. The zero-order chi connectivity index (χ0) is 15.6. The fourth-order valence-electron chi connectivity index (χ4n) is 1.65. The number of benzene rings is 2. The first kappa shape index (κ1) is 15.6. The topological polar surface area (TPSA) is 75.3 Å². The van der Waals surface area contributed by atoms with Crippen LogP contribution in [0.3, 0.4) is 0 Å². The molecule has 4 N–H and O–H groups in total. The Hall–Kier alpha value is -1.82. The minimum Gasteiger partial charge on any atom is -0.507 e. The molecule has 0 aromatic heterocycles. The van der Waals surface area contributed by atoms with E-state index in [2.05, 4.69) is 5.32 Å². The number of hydrogen-bond acceptors (Lipinski definition) is 3. The maximum Gasteiger partial charge on any atom is 0.259 e. The van der Waals surface area contributed by atoms with Gasteiger partial charge in [-0.15, -0.1) is 0 Å². The van der Waals surface area contributed by atoms with Gasteiger partial charge in [0.05, 0.1) is 16.3 Å². The smallest absolute Gasteiger partial charge is 0.259 e. The Morgan fingerprint density at radius 2 is 1.90 bits per heavy atom. The summed E-state index contributed by atoms with van der Waals surface area (Å²) in [6, 6.07) is 8.96. The Morgan fingerprint density at radius 3 is 2.52 bits per heavy atom. The van der Waals surface area contributed by atoms with E-state index in [4.69, 9.17) is 41.2 Å². The van der Waals surface area contributed by atoms with Crippen molar-refractivity contribution in [3.63, 3.8) is 0 Å². The van der Waals surface area contributed by atoms with Crippen molar-refractivity contribution in [2.75, 3.05) is 5.32 Å². The molecule has 4 nitrogen and oxygen atoms in total. The first-order valence-electron chi connectivity index (χ1n) is 5.77. The lowest BCUT2D eigenvalue weighted by molar-refractivity contribution is 0.102. The van der Waals surface area contributed by atoms with E-state index in [0.29, 0.717) is 16.3 Å². The van der Waals surface area contributed by atoms with Crippen LogP contribution < -0.4 is 11.1 Å². The highest BCUT2D eigenvalue weighted by molar-refractivity contribution is 7.80. The molecule has 0 radical (unpaired) electrons. The number of aromatic hydroxyl groups is 1. The molecule has 21 heavy (non-hydrogen) atoms. The number of phenols is 1. The molecule has 0 fully saturated rings. The van der Waals surface area contributed by atoms with Gasteiger partial charge in [-0.05, 0) is 36.4 Å². The van der Waals surface area contributed by atoms with Gasteiger partial charge in [0, 0.05) is 10.6 Å². The van der Waals surface area contributed by atoms with Crippen molar-refractivity contribution in [2.24, 2.45) is 5.73 Å². The number of nitrogens with two attached hydrogens (primary N) is 1.